The first kappa shape index (κ1) is 19.0. The van der Waals surface area contributed by atoms with Gasteiger partial charge in [0.2, 0.25) is 11.8 Å². The fourth-order valence-corrected chi connectivity index (χ4v) is 4.41. The second kappa shape index (κ2) is 7.95. The van der Waals surface area contributed by atoms with Gasteiger partial charge in [-0.25, -0.2) is 0 Å². The van der Waals surface area contributed by atoms with Crippen LogP contribution in [0, 0.1) is 0 Å². The monoisotopic (exact) mass is 383 g/mol. The van der Waals surface area contributed by atoms with Gasteiger partial charge in [0, 0.05) is 50.1 Å². The Morgan fingerprint density at radius 1 is 1.14 bits per heavy atom. The van der Waals surface area contributed by atoms with E-state index in [1.807, 2.05) is 18.2 Å². The number of unbranched alkanes of at least 4 members (excludes halogenated alkanes) is 1. The van der Waals surface area contributed by atoms with Gasteiger partial charge in [-0.2, -0.15) is 0 Å². The molecule has 2 amide bonds. The van der Waals surface area contributed by atoms with Crippen LogP contribution in [-0.4, -0.2) is 65.3 Å². The number of carbonyl (C=O) groups is 2. The Morgan fingerprint density at radius 2 is 1.96 bits per heavy atom. The molecular weight excluding hydrogens is 354 g/mol. The Hall–Kier alpha value is -2.34. The summed E-state index contributed by atoms with van der Waals surface area (Å²) in [6.07, 6.45) is 2.80. The van der Waals surface area contributed by atoms with Crippen molar-refractivity contribution in [2.75, 3.05) is 32.7 Å². The molecule has 28 heavy (non-hydrogen) atoms. The molecule has 0 bridgehead atoms. The maximum Gasteiger partial charge on any atom is 0.247 e. The molecule has 0 radical (unpaired) electrons. The summed E-state index contributed by atoms with van der Waals surface area (Å²) >= 11 is 0. The molecule has 2 aromatic rings. The average molecular weight is 383 g/mol. The number of aryl methyl sites for hydroxylation is 1. The largest absolute Gasteiger partial charge is 0.461 e. The van der Waals surface area contributed by atoms with E-state index in [2.05, 4.69) is 24.8 Å². The van der Waals surface area contributed by atoms with Crippen LogP contribution < -0.4 is 0 Å². The van der Waals surface area contributed by atoms with Crippen LogP contribution >= 0.6 is 0 Å². The van der Waals surface area contributed by atoms with Crippen molar-refractivity contribution in [2.24, 2.45) is 0 Å². The first-order chi connectivity index (χ1) is 13.6. The van der Waals surface area contributed by atoms with Crippen LogP contribution in [0.2, 0.25) is 0 Å². The van der Waals surface area contributed by atoms with Gasteiger partial charge in [-0.15, -0.1) is 0 Å². The molecule has 0 N–H and O–H groups in total. The highest BCUT2D eigenvalue weighted by molar-refractivity contribution is 5.95. The molecule has 3 heterocycles. The lowest BCUT2D eigenvalue weighted by Gasteiger charge is -2.46. The number of fused-ring (bicyclic) bond motifs is 2. The van der Waals surface area contributed by atoms with Crippen molar-refractivity contribution < 1.29 is 14.0 Å². The van der Waals surface area contributed by atoms with E-state index in [-0.39, 0.29) is 24.4 Å². The number of nitrogens with zero attached hydrogens (tertiary/aromatic N) is 3. The summed E-state index contributed by atoms with van der Waals surface area (Å²) in [5.41, 5.74) is 2.13. The van der Waals surface area contributed by atoms with Crippen LogP contribution in [0.4, 0.5) is 0 Å². The lowest BCUT2D eigenvalue weighted by Crippen LogP contribution is -2.66. The van der Waals surface area contributed by atoms with Crippen LogP contribution in [-0.2, 0) is 22.6 Å². The lowest BCUT2D eigenvalue weighted by atomic mass is 10.0. The molecule has 2 saturated heterocycles. The Kier molecular flexibility index (Phi) is 5.40. The maximum absolute atomic E-state index is 13.0. The van der Waals surface area contributed by atoms with Gasteiger partial charge in [0.25, 0.3) is 0 Å². The highest BCUT2D eigenvalue weighted by atomic mass is 16.3. The van der Waals surface area contributed by atoms with Crippen molar-refractivity contribution in [3.63, 3.8) is 0 Å². The van der Waals surface area contributed by atoms with Crippen LogP contribution in [0.5, 0.6) is 0 Å². The van der Waals surface area contributed by atoms with Crippen molar-refractivity contribution in [1.82, 2.24) is 14.7 Å². The predicted octanol–water partition coefficient (Wildman–Crippen LogP) is 2.65. The number of furan rings is 1. The smallest absolute Gasteiger partial charge is 0.247 e. The van der Waals surface area contributed by atoms with Crippen molar-refractivity contribution in [3.8, 4) is 0 Å². The van der Waals surface area contributed by atoms with E-state index in [0.29, 0.717) is 19.6 Å². The number of hydrogen-bond acceptors (Lipinski definition) is 4. The van der Waals surface area contributed by atoms with Gasteiger partial charge in [0.1, 0.15) is 17.4 Å². The Balaban J connectivity index is 1.53. The van der Waals surface area contributed by atoms with Gasteiger partial charge in [-0.05, 0) is 12.5 Å². The molecule has 1 atom stereocenters. The summed E-state index contributed by atoms with van der Waals surface area (Å²) in [5, 5.41) is 1.15. The Labute approximate surface area is 166 Å². The third kappa shape index (κ3) is 3.41. The molecule has 1 unspecified atom stereocenters. The Bertz CT molecular complexity index is 875. The third-order valence-electron chi connectivity index (χ3n) is 5.97. The predicted molar refractivity (Wildman–Crippen MR) is 108 cm³/mol. The molecule has 4 rings (SSSR count). The van der Waals surface area contributed by atoms with Crippen LogP contribution in [0.15, 0.2) is 28.7 Å². The minimum atomic E-state index is -0.352. The average Bonchev–Trinajstić information content (AvgIpc) is 3.07. The standard InChI is InChI=1S/C22H29N3O3/c1-3-5-10-24-15-21(26)25-12-11-23(14-18(25)22(24)27)13-17-16-8-6-7-9-20(16)28-19(17)4-2/h6-9,18H,3-5,10-15H2,1-2H3. The highest BCUT2D eigenvalue weighted by Crippen LogP contribution is 2.29. The molecule has 2 fully saturated rings. The molecular formula is C22H29N3O3. The first-order valence-electron chi connectivity index (χ1n) is 10.4. The van der Waals surface area contributed by atoms with Crippen molar-refractivity contribution in [1.29, 1.82) is 0 Å². The van der Waals surface area contributed by atoms with Gasteiger partial charge in [-0.1, -0.05) is 38.5 Å². The van der Waals surface area contributed by atoms with E-state index >= 15 is 0 Å². The minimum absolute atomic E-state index is 0.0864. The van der Waals surface area contributed by atoms with E-state index in [4.69, 9.17) is 4.42 Å². The van der Waals surface area contributed by atoms with Crippen molar-refractivity contribution >= 4 is 22.8 Å². The third-order valence-corrected chi connectivity index (χ3v) is 5.97. The number of amides is 2. The molecule has 1 aromatic carbocycles. The summed E-state index contributed by atoms with van der Waals surface area (Å²) < 4.78 is 6.03. The van der Waals surface area contributed by atoms with E-state index in [1.165, 1.54) is 5.56 Å². The SMILES string of the molecule is CCCCN1CC(=O)N2CCN(Cc3c(CC)oc4ccccc34)CC2C1=O. The lowest BCUT2D eigenvalue weighted by molar-refractivity contribution is -0.159. The Morgan fingerprint density at radius 3 is 2.75 bits per heavy atom. The fraction of sp³-hybridized carbons (Fsp3) is 0.545. The number of hydrogen-bond donors (Lipinski definition) is 0. The van der Waals surface area contributed by atoms with E-state index in [0.717, 1.165) is 49.1 Å². The van der Waals surface area contributed by atoms with Crippen molar-refractivity contribution in [3.05, 3.63) is 35.6 Å². The molecule has 0 saturated carbocycles. The van der Waals surface area contributed by atoms with Gasteiger partial charge < -0.3 is 14.2 Å². The van der Waals surface area contributed by atoms with Crippen molar-refractivity contribution in [2.45, 2.75) is 45.7 Å². The number of benzene rings is 1. The summed E-state index contributed by atoms with van der Waals surface area (Å²) in [5.74, 6) is 1.20. The van der Waals surface area contributed by atoms with Gasteiger partial charge in [0.05, 0.1) is 6.54 Å². The quantitative estimate of drug-likeness (QED) is 0.770. The van der Waals surface area contributed by atoms with Gasteiger partial charge in [0.15, 0.2) is 0 Å². The maximum atomic E-state index is 13.0. The zero-order chi connectivity index (χ0) is 19.7. The summed E-state index contributed by atoms with van der Waals surface area (Å²) in [4.78, 5) is 31.4. The second-order valence-corrected chi connectivity index (χ2v) is 7.80. The number of rotatable bonds is 6. The zero-order valence-electron chi connectivity index (χ0n) is 16.8. The van der Waals surface area contributed by atoms with Crippen LogP contribution in [0.3, 0.4) is 0 Å². The number of piperazine rings is 2. The molecule has 2 aliphatic heterocycles. The summed E-state index contributed by atoms with van der Waals surface area (Å²) in [6.45, 7) is 7.87. The molecule has 0 spiro atoms. The van der Waals surface area contributed by atoms with E-state index in [9.17, 15) is 9.59 Å². The molecule has 0 aliphatic carbocycles. The topological polar surface area (TPSA) is 57.0 Å². The molecule has 1 aromatic heterocycles. The number of carbonyl (C=O) groups excluding carboxylic acids is 2. The van der Waals surface area contributed by atoms with E-state index < -0.39 is 0 Å². The van der Waals surface area contributed by atoms with E-state index in [1.54, 1.807) is 9.80 Å². The second-order valence-electron chi connectivity index (χ2n) is 7.80. The highest BCUT2D eigenvalue weighted by Gasteiger charge is 2.42. The molecule has 150 valence electrons. The summed E-state index contributed by atoms with van der Waals surface area (Å²) in [6, 6.07) is 7.78. The van der Waals surface area contributed by atoms with Crippen LogP contribution in [0.25, 0.3) is 11.0 Å². The van der Waals surface area contributed by atoms with Gasteiger partial charge in [-0.3, -0.25) is 14.5 Å². The summed E-state index contributed by atoms with van der Waals surface area (Å²) in [7, 11) is 0. The normalized spacial score (nSPS) is 20.9. The number of para-hydroxylation sites is 1. The minimum Gasteiger partial charge on any atom is -0.461 e. The molecule has 2 aliphatic rings. The van der Waals surface area contributed by atoms with Gasteiger partial charge >= 0.3 is 0 Å². The molecule has 6 nitrogen and oxygen atoms in total. The first-order valence-corrected chi connectivity index (χ1v) is 10.4. The molecule has 6 heteroatoms. The fourth-order valence-electron chi connectivity index (χ4n) is 4.41. The van der Waals surface area contributed by atoms with Crippen LogP contribution in [0.1, 0.15) is 38.0 Å². The zero-order valence-corrected chi connectivity index (χ0v) is 16.8.